The molecule has 0 bridgehead atoms. The Morgan fingerprint density at radius 2 is 2.10 bits per heavy atom. The van der Waals surface area contributed by atoms with Crippen LogP contribution in [0.1, 0.15) is 0 Å². The molecule has 0 aliphatic carbocycles. The number of thiocarbonyl (C=S) groups is 1. The number of nitrogens with one attached hydrogen (secondary N) is 2. The number of thiol groups is 1. The van der Waals surface area contributed by atoms with Crippen LogP contribution in [0.5, 0.6) is 0 Å². The molecule has 0 amide bonds. The fourth-order valence-corrected chi connectivity index (χ4v) is 1.18. The van der Waals surface area contributed by atoms with Gasteiger partial charge in [0.1, 0.15) is 4.32 Å². The molecule has 0 saturated carbocycles. The third-order valence-electron chi connectivity index (χ3n) is 1.37. The van der Waals surface area contributed by atoms with Gasteiger partial charge in [-0.3, -0.25) is 0 Å². The van der Waals surface area contributed by atoms with Crippen molar-refractivity contribution in [3.63, 3.8) is 0 Å². The third kappa shape index (κ3) is 2.83. The lowest BCUT2D eigenvalue weighted by molar-refractivity contribution is 0.209. The van der Waals surface area contributed by atoms with E-state index < -0.39 is 0 Å². The maximum Gasteiger partial charge on any atom is 0.145 e. The largest absolute Gasteiger partial charge is 0.314 e. The van der Waals surface area contributed by atoms with E-state index in [0.29, 0.717) is 4.32 Å². The summed E-state index contributed by atoms with van der Waals surface area (Å²) in [4.78, 5) is 0. The molecule has 2 N–H and O–H groups in total. The minimum Gasteiger partial charge on any atom is -0.314 e. The Labute approximate surface area is 71.5 Å². The molecule has 1 fully saturated rings. The van der Waals surface area contributed by atoms with E-state index in [9.17, 15) is 0 Å². The van der Waals surface area contributed by atoms with Crippen LogP contribution in [0.25, 0.3) is 0 Å². The summed E-state index contributed by atoms with van der Waals surface area (Å²) in [5.74, 6) is 0. The number of hydrogen-bond acceptors (Lipinski definition) is 3. The van der Waals surface area contributed by atoms with Crippen molar-refractivity contribution < 1.29 is 0 Å². The molecule has 0 aromatic rings. The molecule has 0 spiro atoms. The Morgan fingerprint density at radius 1 is 1.50 bits per heavy atom. The second-order valence-electron chi connectivity index (χ2n) is 2.15. The summed E-state index contributed by atoms with van der Waals surface area (Å²) >= 11 is 8.73. The molecule has 0 unspecified atom stereocenters. The first-order valence-electron chi connectivity index (χ1n) is 3.24. The molecule has 0 radical (unpaired) electrons. The highest BCUT2D eigenvalue weighted by atomic mass is 32.1. The molecule has 5 heteroatoms. The van der Waals surface area contributed by atoms with Crippen LogP contribution in [0.15, 0.2) is 0 Å². The molecule has 1 aliphatic heterocycles. The van der Waals surface area contributed by atoms with Gasteiger partial charge in [-0.15, -0.1) is 12.6 Å². The summed E-state index contributed by atoms with van der Waals surface area (Å²) in [5, 5.41) is 5.30. The molecule has 0 aromatic heterocycles. The average molecular weight is 177 g/mol. The fourth-order valence-electron chi connectivity index (χ4n) is 0.912. The predicted octanol–water partition coefficient (Wildman–Crippen LogP) is -0.389. The van der Waals surface area contributed by atoms with Crippen molar-refractivity contribution in [1.29, 1.82) is 0 Å². The lowest BCUT2D eigenvalue weighted by Gasteiger charge is -2.27. The summed E-state index contributed by atoms with van der Waals surface area (Å²) in [6.07, 6.45) is 0. The molecule has 1 aliphatic rings. The summed E-state index contributed by atoms with van der Waals surface area (Å²) in [6, 6.07) is 0. The number of hydrogen-bond donors (Lipinski definition) is 3. The van der Waals surface area contributed by atoms with E-state index in [-0.39, 0.29) is 0 Å². The highest BCUT2D eigenvalue weighted by Crippen LogP contribution is 1.88. The zero-order chi connectivity index (χ0) is 7.40. The van der Waals surface area contributed by atoms with Crippen molar-refractivity contribution in [3.8, 4) is 0 Å². The molecule has 10 heavy (non-hydrogen) atoms. The minimum absolute atomic E-state index is 0.543. The quantitative estimate of drug-likeness (QED) is 0.376. The van der Waals surface area contributed by atoms with E-state index in [1.807, 2.05) is 0 Å². The molecule has 1 rings (SSSR count). The van der Waals surface area contributed by atoms with Gasteiger partial charge in [0, 0.05) is 26.2 Å². The van der Waals surface area contributed by atoms with E-state index >= 15 is 0 Å². The third-order valence-corrected chi connectivity index (χ3v) is 1.56. The molecule has 0 atom stereocenters. The molecule has 58 valence electrons. The Hall–Kier alpha value is 0.160. The van der Waals surface area contributed by atoms with Crippen LogP contribution < -0.4 is 10.7 Å². The maximum atomic E-state index is 4.77. The van der Waals surface area contributed by atoms with Gasteiger partial charge in [-0.1, -0.05) is 12.2 Å². The Bertz CT molecular complexity index is 122. The zero-order valence-corrected chi connectivity index (χ0v) is 7.34. The van der Waals surface area contributed by atoms with Crippen LogP contribution in [0, 0.1) is 0 Å². The summed E-state index contributed by atoms with van der Waals surface area (Å²) in [6.45, 7) is 4.01. The van der Waals surface area contributed by atoms with Crippen molar-refractivity contribution >= 4 is 29.2 Å². The van der Waals surface area contributed by atoms with Crippen LogP contribution in [0.3, 0.4) is 0 Å². The monoisotopic (exact) mass is 177 g/mol. The van der Waals surface area contributed by atoms with Gasteiger partial charge in [0.05, 0.1) is 0 Å². The SMILES string of the molecule is S=C(S)NN1CCNCC1. The first-order valence-corrected chi connectivity index (χ1v) is 4.10. The predicted molar refractivity (Wildman–Crippen MR) is 49.2 cm³/mol. The fraction of sp³-hybridized carbons (Fsp3) is 0.800. The van der Waals surface area contributed by atoms with Crippen LogP contribution in [0.4, 0.5) is 0 Å². The standard InChI is InChI=1S/C5H11N3S2/c9-5(10)7-8-3-1-6-2-4-8/h6H,1-4H2,(H2,7,9,10). The van der Waals surface area contributed by atoms with E-state index in [1.165, 1.54) is 0 Å². The first kappa shape index (κ1) is 8.26. The van der Waals surface area contributed by atoms with E-state index in [0.717, 1.165) is 26.2 Å². The Morgan fingerprint density at radius 3 is 2.60 bits per heavy atom. The molecular weight excluding hydrogens is 166 g/mol. The highest BCUT2D eigenvalue weighted by molar-refractivity contribution is 8.11. The summed E-state index contributed by atoms with van der Waals surface area (Å²) < 4.78 is 0.543. The summed E-state index contributed by atoms with van der Waals surface area (Å²) in [7, 11) is 0. The van der Waals surface area contributed by atoms with Crippen LogP contribution in [0.2, 0.25) is 0 Å². The van der Waals surface area contributed by atoms with Gasteiger partial charge in [-0.05, 0) is 0 Å². The van der Waals surface area contributed by atoms with Crippen molar-refractivity contribution in [1.82, 2.24) is 15.8 Å². The first-order chi connectivity index (χ1) is 4.79. The second-order valence-corrected chi connectivity index (χ2v) is 3.31. The smallest absolute Gasteiger partial charge is 0.145 e. The van der Waals surface area contributed by atoms with Crippen molar-refractivity contribution in [2.24, 2.45) is 0 Å². The minimum atomic E-state index is 0.543. The molecule has 1 saturated heterocycles. The lowest BCUT2D eigenvalue weighted by Crippen LogP contribution is -2.50. The average Bonchev–Trinajstić information content (AvgIpc) is 1.88. The Balaban J connectivity index is 2.19. The van der Waals surface area contributed by atoms with Gasteiger partial charge in [0.25, 0.3) is 0 Å². The number of nitrogens with zero attached hydrogens (tertiary/aromatic N) is 1. The van der Waals surface area contributed by atoms with E-state index in [2.05, 4.69) is 28.4 Å². The normalized spacial score (nSPS) is 20.5. The van der Waals surface area contributed by atoms with Crippen LogP contribution in [-0.2, 0) is 0 Å². The van der Waals surface area contributed by atoms with Crippen LogP contribution in [-0.4, -0.2) is 35.5 Å². The van der Waals surface area contributed by atoms with E-state index in [4.69, 9.17) is 12.2 Å². The highest BCUT2D eigenvalue weighted by Gasteiger charge is 2.07. The number of piperazine rings is 1. The van der Waals surface area contributed by atoms with Gasteiger partial charge < -0.3 is 10.7 Å². The van der Waals surface area contributed by atoms with Gasteiger partial charge >= 0.3 is 0 Å². The van der Waals surface area contributed by atoms with E-state index in [1.54, 1.807) is 0 Å². The van der Waals surface area contributed by atoms with Gasteiger partial charge in [-0.25, -0.2) is 5.01 Å². The zero-order valence-electron chi connectivity index (χ0n) is 5.63. The number of rotatable bonds is 1. The number of hydrazine groups is 1. The molecule has 1 heterocycles. The van der Waals surface area contributed by atoms with Crippen molar-refractivity contribution in [3.05, 3.63) is 0 Å². The molecular formula is C5H11N3S2. The maximum absolute atomic E-state index is 4.77. The van der Waals surface area contributed by atoms with Gasteiger partial charge in [0.2, 0.25) is 0 Å². The molecule has 0 aromatic carbocycles. The Kier molecular flexibility index (Phi) is 3.41. The lowest BCUT2D eigenvalue weighted by atomic mass is 10.4. The van der Waals surface area contributed by atoms with Crippen molar-refractivity contribution in [2.45, 2.75) is 0 Å². The topological polar surface area (TPSA) is 27.3 Å². The summed E-state index contributed by atoms with van der Waals surface area (Å²) in [5.41, 5.74) is 2.97. The van der Waals surface area contributed by atoms with Crippen molar-refractivity contribution in [2.75, 3.05) is 26.2 Å². The molecule has 3 nitrogen and oxygen atoms in total. The van der Waals surface area contributed by atoms with Gasteiger partial charge in [-0.2, -0.15) is 0 Å². The van der Waals surface area contributed by atoms with Gasteiger partial charge in [0.15, 0.2) is 0 Å². The second kappa shape index (κ2) is 4.12. The van der Waals surface area contributed by atoms with Crippen LogP contribution >= 0.6 is 24.8 Å².